The summed E-state index contributed by atoms with van der Waals surface area (Å²) in [6.45, 7) is 7.22. The molecule has 2 amide bonds. The van der Waals surface area contributed by atoms with Crippen molar-refractivity contribution in [2.45, 2.75) is 51.6 Å². The number of nitrogens with zero attached hydrogens (tertiary/aromatic N) is 3. The summed E-state index contributed by atoms with van der Waals surface area (Å²) in [4.78, 5) is 26.7. The summed E-state index contributed by atoms with van der Waals surface area (Å²) < 4.78 is 7.13. The number of ether oxygens (including phenoxy) is 1. The second-order valence-corrected chi connectivity index (χ2v) is 7.51. The minimum Gasteiger partial charge on any atom is -0.379 e. The van der Waals surface area contributed by atoms with Gasteiger partial charge >= 0.3 is 11.8 Å². The smallest absolute Gasteiger partial charge is 0.313 e. The number of rotatable bonds is 6. The Kier molecular flexibility index (Phi) is 7.23. The molecule has 8 heteroatoms. The van der Waals surface area contributed by atoms with E-state index in [0.29, 0.717) is 11.6 Å². The topological polar surface area (TPSA) is 88.5 Å². The molecule has 1 aromatic rings. The number of nitrogens with one attached hydrogen (secondary N) is 2. The molecule has 0 aromatic carbocycles. The first-order valence-corrected chi connectivity index (χ1v) is 10.1. The molecular formula is C19H31N5O3. The molecule has 2 fully saturated rings. The molecule has 0 unspecified atom stereocenters. The van der Waals surface area contributed by atoms with E-state index in [4.69, 9.17) is 4.74 Å². The van der Waals surface area contributed by atoms with Crippen molar-refractivity contribution < 1.29 is 14.3 Å². The van der Waals surface area contributed by atoms with Crippen LogP contribution in [0.4, 0.5) is 5.69 Å². The number of hydrogen-bond donors (Lipinski definition) is 2. The first-order chi connectivity index (χ1) is 13.1. The molecule has 0 spiro atoms. The summed E-state index contributed by atoms with van der Waals surface area (Å²) in [6, 6.07) is 0.109. The van der Waals surface area contributed by atoms with Crippen molar-refractivity contribution in [3.05, 3.63) is 12.4 Å². The maximum Gasteiger partial charge on any atom is 0.313 e. The van der Waals surface area contributed by atoms with Gasteiger partial charge in [0.2, 0.25) is 0 Å². The molecule has 1 aliphatic heterocycles. The highest BCUT2D eigenvalue weighted by Gasteiger charge is 2.24. The van der Waals surface area contributed by atoms with Gasteiger partial charge in [0.05, 0.1) is 31.6 Å². The van der Waals surface area contributed by atoms with Gasteiger partial charge in [0.25, 0.3) is 0 Å². The lowest BCUT2D eigenvalue weighted by Crippen LogP contribution is -2.43. The van der Waals surface area contributed by atoms with Crippen molar-refractivity contribution in [1.29, 1.82) is 0 Å². The Labute approximate surface area is 160 Å². The number of aromatic nitrogens is 2. The summed E-state index contributed by atoms with van der Waals surface area (Å²) in [6.07, 6.45) is 8.73. The molecule has 1 saturated heterocycles. The van der Waals surface area contributed by atoms with Gasteiger partial charge in [-0.05, 0) is 18.8 Å². The van der Waals surface area contributed by atoms with Crippen LogP contribution in [0.5, 0.6) is 0 Å². The molecule has 2 aliphatic rings. The van der Waals surface area contributed by atoms with Crippen LogP contribution in [0, 0.1) is 5.92 Å². The predicted octanol–water partition coefficient (Wildman–Crippen LogP) is 1.24. The third kappa shape index (κ3) is 6.04. The molecule has 2 N–H and O–H groups in total. The normalized spacial score (nSPS) is 23.7. The average Bonchev–Trinajstić information content (AvgIpc) is 3.14. The molecule has 27 heavy (non-hydrogen) atoms. The molecule has 3 rings (SSSR count). The van der Waals surface area contributed by atoms with Crippen LogP contribution in [-0.2, 0) is 20.9 Å². The zero-order valence-electron chi connectivity index (χ0n) is 16.2. The van der Waals surface area contributed by atoms with Crippen molar-refractivity contribution in [2.75, 3.05) is 38.2 Å². The monoisotopic (exact) mass is 377 g/mol. The summed E-state index contributed by atoms with van der Waals surface area (Å²) in [7, 11) is 0. The number of amides is 2. The van der Waals surface area contributed by atoms with Crippen LogP contribution in [0.3, 0.4) is 0 Å². The van der Waals surface area contributed by atoms with E-state index in [2.05, 4.69) is 27.6 Å². The highest BCUT2D eigenvalue weighted by Crippen LogP contribution is 2.26. The quantitative estimate of drug-likeness (QED) is 0.728. The lowest BCUT2D eigenvalue weighted by molar-refractivity contribution is -0.136. The van der Waals surface area contributed by atoms with E-state index in [1.165, 1.54) is 6.42 Å². The van der Waals surface area contributed by atoms with Gasteiger partial charge in [-0.3, -0.25) is 19.2 Å². The van der Waals surface area contributed by atoms with Crippen LogP contribution in [0.1, 0.15) is 39.0 Å². The van der Waals surface area contributed by atoms with E-state index < -0.39 is 11.8 Å². The predicted molar refractivity (Wildman–Crippen MR) is 102 cm³/mol. The Morgan fingerprint density at radius 1 is 1.22 bits per heavy atom. The van der Waals surface area contributed by atoms with Gasteiger partial charge in [-0.15, -0.1) is 0 Å². The van der Waals surface area contributed by atoms with Crippen molar-refractivity contribution in [1.82, 2.24) is 20.0 Å². The summed E-state index contributed by atoms with van der Waals surface area (Å²) in [5, 5.41) is 9.79. The zero-order chi connectivity index (χ0) is 19.1. The Bertz CT molecular complexity index is 627. The fraction of sp³-hybridized carbons (Fsp3) is 0.737. The van der Waals surface area contributed by atoms with Crippen LogP contribution < -0.4 is 10.6 Å². The molecule has 150 valence electrons. The molecule has 1 aliphatic carbocycles. The van der Waals surface area contributed by atoms with Crippen LogP contribution in [-0.4, -0.2) is 65.4 Å². The van der Waals surface area contributed by atoms with E-state index in [9.17, 15) is 9.59 Å². The van der Waals surface area contributed by atoms with E-state index in [1.807, 2.05) is 0 Å². The summed E-state index contributed by atoms with van der Waals surface area (Å²) in [5.41, 5.74) is 0.548. The molecule has 1 saturated carbocycles. The molecule has 1 aromatic heterocycles. The highest BCUT2D eigenvalue weighted by atomic mass is 16.5. The van der Waals surface area contributed by atoms with Gasteiger partial charge < -0.3 is 15.4 Å². The zero-order valence-corrected chi connectivity index (χ0v) is 16.2. The average molecular weight is 377 g/mol. The maximum atomic E-state index is 12.2. The number of anilines is 1. The fourth-order valence-electron chi connectivity index (χ4n) is 3.85. The van der Waals surface area contributed by atoms with Crippen molar-refractivity contribution in [3.8, 4) is 0 Å². The molecular weight excluding hydrogens is 346 g/mol. The van der Waals surface area contributed by atoms with Crippen molar-refractivity contribution in [3.63, 3.8) is 0 Å². The second kappa shape index (κ2) is 9.85. The number of carbonyl (C=O) groups excluding carboxylic acids is 2. The van der Waals surface area contributed by atoms with Gasteiger partial charge in [-0.2, -0.15) is 5.10 Å². The molecule has 0 radical (unpaired) electrons. The Hall–Kier alpha value is -1.93. The van der Waals surface area contributed by atoms with Crippen LogP contribution in [0.25, 0.3) is 0 Å². The Morgan fingerprint density at radius 3 is 2.81 bits per heavy atom. The SMILES string of the molecule is CC[C@H]1CCC[C@@H](NC(=O)C(=O)Nc2cnn(CCN3CCOCC3)c2)C1. The molecule has 0 bridgehead atoms. The Balaban J connectivity index is 1.42. The lowest BCUT2D eigenvalue weighted by atomic mass is 9.84. The van der Waals surface area contributed by atoms with E-state index in [-0.39, 0.29) is 6.04 Å². The van der Waals surface area contributed by atoms with Crippen molar-refractivity contribution >= 4 is 17.5 Å². The summed E-state index contributed by atoms with van der Waals surface area (Å²) in [5.74, 6) is -0.531. The largest absolute Gasteiger partial charge is 0.379 e. The fourth-order valence-corrected chi connectivity index (χ4v) is 3.85. The third-order valence-corrected chi connectivity index (χ3v) is 5.54. The lowest BCUT2D eigenvalue weighted by Gasteiger charge is -2.28. The first kappa shape index (κ1) is 19.8. The maximum absolute atomic E-state index is 12.2. The van der Waals surface area contributed by atoms with Crippen LogP contribution >= 0.6 is 0 Å². The number of hydrogen-bond acceptors (Lipinski definition) is 5. The minimum absolute atomic E-state index is 0.109. The Morgan fingerprint density at radius 2 is 2.04 bits per heavy atom. The van der Waals surface area contributed by atoms with Gasteiger partial charge in [-0.1, -0.05) is 26.2 Å². The van der Waals surface area contributed by atoms with Gasteiger partial charge in [-0.25, -0.2) is 0 Å². The van der Waals surface area contributed by atoms with E-state index in [1.54, 1.807) is 17.1 Å². The molecule has 2 atom stereocenters. The highest BCUT2D eigenvalue weighted by molar-refractivity contribution is 6.39. The van der Waals surface area contributed by atoms with E-state index >= 15 is 0 Å². The summed E-state index contributed by atoms with van der Waals surface area (Å²) >= 11 is 0. The number of carbonyl (C=O) groups is 2. The third-order valence-electron chi connectivity index (χ3n) is 5.54. The molecule has 2 heterocycles. The molecule has 8 nitrogen and oxygen atoms in total. The van der Waals surface area contributed by atoms with Gasteiger partial charge in [0, 0.05) is 31.9 Å². The van der Waals surface area contributed by atoms with Crippen LogP contribution in [0.15, 0.2) is 12.4 Å². The van der Waals surface area contributed by atoms with Gasteiger partial charge in [0.15, 0.2) is 0 Å². The second-order valence-electron chi connectivity index (χ2n) is 7.51. The number of morpholine rings is 1. The van der Waals surface area contributed by atoms with E-state index in [0.717, 1.165) is 65.1 Å². The first-order valence-electron chi connectivity index (χ1n) is 10.1. The minimum atomic E-state index is -0.624. The van der Waals surface area contributed by atoms with Crippen LogP contribution in [0.2, 0.25) is 0 Å². The van der Waals surface area contributed by atoms with Crippen molar-refractivity contribution in [2.24, 2.45) is 5.92 Å². The van der Waals surface area contributed by atoms with Gasteiger partial charge in [0.1, 0.15) is 0 Å². The standard InChI is InChI=1S/C19H31N5O3/c1-2-15-4-3-5-16(12-15)21-18(25)19(26)22-17-13-20-24(14-17)7-6-23-8-10-27-11-9-23/h13-16H,2-12H2,1H3,(H,21,25)(H,22,26)/t15-,16+/m0/s1.